The van der Waals surface area contributed by atoms with Gasteiger partial charge in [-0.05, 0) is 37.8 Å². The highest BCUT2D eigenvalue weighted by atomic mass is 16.3. The molecule has 1 saturated carbocycles. The predicted molar refractivity (Wildman–Crippen MR) is 77.6 cm³/mol. The minimum Gasteiger partial charge on any atom is -0.846 e. The van der Waals surface area contributed by atoms with E-state index in [1.165, 1.54) is 19.3 Å². The van der Waals surface area contributed by atoms with Crippen molar-refractivity contribution in [2.45, 2.75) is 52.0 Å². The fraction of sp³-hybridized carbons (Fsp3) is 0.562. The molecule has 0 radical (unpaired) electrons. The number of para-hydroxylation sites is 1. The van der Waals surface area contributed by atoms with Crippen LogP contribution >= 0.6 is 0 Å². The molecule has 0 amide bonds. The SMILES string of the molecule is Cc1cccc(C)c1N=C([O-])N(C)C1CCCCC1. The van der Waals surface area contributed by atoms with Crippen LogP contribution in [0.25, 0.3) is 0 Å². The van der Waals surface area contributed by atoms with E-state index in [1.807, 2.05) is 44.0 Å². The molecule has 1 aliphatic carbocycles. The lowest BCUT2D eigenvalue weighted by molar-refractivity contribution is -0.235. The van der Waals surface area contributed by atoms with Crippen LogP contribution in [0.3, 0.4) is 0 Å². The molecule has 1 aromatic carbocycles. The molecule has 0 saturated heterocycles. The van der Waals surface area contributed by atoms with E-state index in [0.29, 0.717) is 6.04 Å². The number of nitrogens with zero attached hydrogens (tertiary/aromatic N) is 2. The van der Waals surface area contributed by atoms with Gasteiger partial charge < -0.3 is 10.0 Å². The first-order valence-electron chi connectivity index (χ1n) is 7.14. The predicted octanol–water partition coefficient (Wildman–Crippen LogP) is 2.92. The van der Waals surface area contributed by atoms with Crippen LogP contribution < -0.4 is 5.11 Å². The highest BCUT2D eigenvalue weighted by Crippen LogP contribution is 2.25. The third-order valence-electron chi connectivity index (χ3n) is 4.07. The zero-order chi connectivity index (χ0) is 13.8. The quantitative estimate of drug-likeness (QED) is 0.605. The van der Waals surface area contributed by atoms with E-state index in [4.69, 9.17) is 0 Å². The maximum absolute atomic E-state index is 12.3. The molecule has 0 spiro atoms. The molecular formula is C16H23N2O-. The van der Waals surface area contributed by atoms with Crippen LogP contribution in [0.4, 0.5) is 5.69 Å². The van der Waals surface area contributed by atoms with Gasteiger partial charge in [0.05, 0.1) is 11.7 Å². The van der Waals surface area contributed by atoms with E-state index in [2.05, 4.69) is 4.99 Å². The van der Waals surface area contributed by atoms with Crippen molar-refractivity contribution in [3.05, 3.63) is 29.3 Å². The Balaban J connectivity index is 2.17. The Morgan fingerprint density at radius 2 is 1.74 bits per heavy atom. The van der Waals surface area contributed by atoms with Crippen LogP contribution in [-0.2, 0) is 0 Å². The molecule has 0 N–H and O–H groups in total. The average Bonchev–Trinajstić information content (AvgIpc) is 2.43. The summed E-state index contributed by atoms with van der Waals surface area (Å²) in [6.07, 6.45) is 5.99. The molecule has 0 unspecified atom stereocenters. The number of hydrogen-bond acceptors (Lipinski definition) is 2. The topological polar surface area (TPSA) is 38.7 Å². The molecule has 2 rings (SSSR count). The zero-order valence-corrected chi connectivity index (χ0v) is 12.1. The first-order chi connectivity index (χ1) is 9.09. The minimum absolute atomic E-state index is 0.107. The van der Waals surface area contributed by atoms with Gasteiger partial charge in [-0.3, -0.25) is 0 Å². The molecule has 3 nitrogen and oxygen atoms in total. The second kappa shape index (κ2) is 6.09. The number of rotatable bonds is 2. The van der Waals surface area contributed by atoms with Crippen LogP contribution in [0.2, 0.25) is 0 Å². The van der Waals surface area contributed by atoms with Crippen LogP contribution in [0.15, 0.2) is 23.2 Å². The minimum atomic E-state index is -0.107. The monoisotopic (exact) mass is 259 g/mol. The van der Waals surface area contributed by atoms with Gasteiger partial charge in [0, 0.05) is 13.1 Å². The van der Waals surface area contributed by atoms with E-state index >= 15 is 0 Å². The summed E-state index contributed by atoms with van der Waals surface area (Å²) in [4.78, 5) is 6.14. The molecule has 3 heteroatoms. The number of aliphatic imine (C=N–C) groups is 1. The summed E-state index contributed by atoms with van der Waals surface area (Å²) in [6.45, 7) is 4.00. The Morgan fingerprint density at radius 3 is 2.32 bits per heavy atom. The molecule has 19 heavy (non-hydrogen) atoms. The van der Waals surface area contributed by atoms with Crippen molar-refractivity contribution in [1.82, 2.24) is 4.90 Å². The number of benzene rings is 1. The summed E-state index contributed by atoms with van der Waals surface area (Å²) < 4.78 is 0. The maximum atomic E-state index is 12.3. The summed E-state index contributed by atoms with van der Waals surface area (Å²) in [7, 11) is 1.88. The highest BCUT2D eigenvalue weighted by molar-refractivity contribution is 5.74. The molecule has 1 aromatic rings. The Hall–Kier alpha value is -1.51. The van der Waals surface area contributed by atoms with Crippen molar-refractivity contribution in [2.24, 2.45) is 4.99 Å². The first-order valence-corrected chi connectivity index (χ1v) is 7.14. The molecule has 104 valence electrons. The van der Waals surface area contributed by atoms with Crippen LogP contribution in [0, 0.1) is 13.8 Å². The van der Waals surface area contributed by atoms with Crippen LogP contribution in [0.5, 0.6) is 0 Å². The number of amidine groups is 1. The van der Waals surface area contributed by atoms with Gasteiger partial charge in [0.15, 0.2) is 0 Å². The molecule has 0 atom stereocenters. The standard InChI is InChI=1S/C16H24N2O/c1-12-8-7-9-13(2)15(12)17-16(19)18(3)14-10-5-4-6-11-14/h7-9,14H,4-6,10-11H2,1-3H3,(H,17,19)/p-1. The van der Waals surface area contributed by atoms with Gasteiger partial charge in [-0.15, -0.1) is 0 Å². The Bertz CT molecular complexity index is 442. The van der Waals surface area contributed by atoms with Crippen molar-refractivity contribution < 1.29 is 5.11 Å². The summed E-state index contributed by atoms with van der Waals surface area (Å²) in [5.74, 6) is 0. The summed E-state index contributed by atoms with van der Waals surface area (Å²) in [6, 6.07) is 6.26. The Kier molecular flexibility index (Phi) is 4.46. The molecule has 0 aromatic heterocycles. The van der Waals surface area contributed by atoms with E-state index < -0.39 is 0 Å². The number of aryl methyl sites for hydroxylation is 2. The van der Waals surface area contributed by atoms with E-state index in [1.54, 1.807) is 0 Å². The lowest BCUT2D eigenvalue weighted by Gasteiger charge is -2.36. The number of hydrogen-bond donors (Lipinski definition) is 0. The van der Waals surface area contributed by atoms with Gasteiger partial charge in [0.1, 0.15) is 0 Å². The van der Waals surface area contributed by atoms with Crippen LogP contribution in [-0.4, -0.2) is 24.0 Å². The molecule has 1 aliphatic rings. The van der Waals surface area contributed by atoms with Gasteiger partial charge in [0.25, 0.3) is 0 Å². The smallest absolute Gasteiger partial charge is 0.0698 e. The lowest BCUT2D eigenvalue weighted by atomic mass is 9.95. The van der Waals surface area contributed by atoms with Crippen molar-refractivity contribution >= 4 is 11.7 Å². The highest BCUT2D eigenvalue weighted by Gasteiger charge is 2.17. The second-order valence-corrected chi connectivity index (χ2v) is 5.54. The van der Waals surface area contributed by atoms with Crippen LogP contribution in [0.1, 0.15) is 43.2 Å². The molecule has 1 fully saturated rings. The van der Waals surface area contributed by atoms with Crippen molar-refractivity contribution in [2.75, 3.05) is 7.05 Å². The van der Waals surface area contributed by atoms with E-state index in [0.717, 1.165) is 29.7 Å². The van der Waals surface area contributed by atoms with Crippen molar-refractivity contribution in [1.29, 1.82) is 0 Å². The molecular weight excluding hydrogens is 236 g/mol. The van der Waals surface area contributed by atoms with Gasteiger partial charge in [0.2, 0.25) is 0 Å². The fourth-order valence-corrected chi connectivity index (χ4v) is 2.78. The molecule has 0 heterocycles. The summed E-state index contributed by atoms with van der Waals surface area (Å²) in [5, 5.41) is 12.3. The second-order valence-electron chi connectivity index (χ2n) is 5.54. The average molecular weight is 259 g/mol. The fourth-order valence-electron chi connectivity index (χ4n) is 2.78. The lowest BCUT2D eigenvalue weighted by Crippen LogP contribution is -2.44. The molecule has 0 bridgehead atoms. The largest absolute Gasteiger partial charge is 0.846 e. The zero-order valence-electron chi connectivity index (χ0n) is 12.1. The Labute approximate surface area is 116 Å². The van der Waals surface area contributed by atoms with Gasteiger partial charge >= 0.3 is 0 Å². The first kappa shape index (κ1) is 13.9. The van der Waals surface area contributed by atoms with Gasteiger partial charge in [-0.2, -0.15) is 0 Å². The van der Waals surface area contributed by atoms with E-state index in [-0.39, 0.29) is 6.02 Å². The summed E-state index contributed by atoms with van der Waals surface area (Å²) in [5.41, 5.74) is 2.95. The van der Waals surface area contributed by atoms with Crippen molar-refractivity contribution in [3.8, 4) is 0 Å². The van der Waals surface area contributed by atoms with Gasteiger partial charge in [-0.25, -0.2) is 4.99 Å². The Morgan fingerprint density at radius 1 is 1.16 bits per heavy atom. The third-order valence-corrected chi connectivity index (χ3v) is 4.07. The third kappa shape index (κ3) is 3.28. The molecule has 0 aliphatic heterocycles. The van der Waals surface area contributed by atoms with E-state index in [9.17, 15) is 5.11 Å². The maximum Gasteiger partial charge on any atom is 0.0698 e. The normalized spacial score (nSPS) is 17.5. The summed E-state index contributed by atoms with van der Waals surface area (Å²) >= 11 is 0. The van der Waals surface area contributed by atoms with Gasteiger partial charge in [-0.1, -0.05) is 37.5 Å². The van der Waals surface area contributed by atoms with Crippen molar-refractivity contribution in [3.63, 3.8) is 0 Å².